The topological polar surface area (TPSA) is 87.7 Å². The molecule has 1 heterocycles. The number of hydrogen-bond donors (Lipinski definition) is 2. The minimum Gasteiger partial charge on any atom is -0.436 e. The van der Waals surface area contributed by atoms with Gasteiger partial charge < -0.3 is 20.3 Å². The fourth-order valence-corrected chi connectivity index (χ4v) is 4.39. The summed E-state index contributed by atoms with van der Waals surface area (Å²) < 4.78 is 5.54. The zero-order valence-electron chi connectivity index (χ0n) is 20.7. The SMILES string of the molecule is CC(C)C[C@H](OC(=O)NCc1ccccc1)C(=O)NC1C(=O)N(C)c2ccccc2-c2ccccc21. The number of rotatable bonds is 7. The number of carbonyl (C=O) groups is 3. The van der Waals surface area contributed by atoms with E-state index in [-0.39, 0.29) is 18.4 Å². The quantitative estimate of drug-likeness (QED) is 0.502. The second kappa shape index (κ2) is 11.1. The van der Waals surface area contributed by atoms with Crippen LogP contribution in [0.2, 0.25) is 0 Å². The maximum Gasteiger partial charge on any atom is 0.408 e. The van der Waals surface area contributed by atoms with E-state index in [0.29, 0.717) is 12.0 Å². The number of amides is 3. The Kier molecular flexibility index (Phi) is 7.68. The van der Waals surface area contributed by atoms with Crippen molar-refractivity contribution in [1.29, 1.82) is 0 Å². The van der Waals surface area contributed by atoms with Gasteiger partial charge in [0.15, 0.2) is 6.10 Å². The lowest BCUT2D eigenvalue weighted by atomic mass is 9.95. The molecule has 0 saturated carbocycles. The lowest BCUT2D eigenvalue weighted by Crippen LogP contribution is -2.46. The van der Waals surface area contributed by atoms with E-state index in [0.717, 1.165) is 22.4 Å². The molecule has 7 nitrogen and oxygen atoms in total. The molecule has 3 amide bonds. The van der Waals surface area contributed by atoms with Crippen LogP contribution in [0.4, 0.5) is 10.5 Å². The summed E-state index contributed by atoms with van der Waals surface area (Å²) >= 11 is 0. The number of fused-ring (bicyclic) bond motifs is 3. The first-order valence-electron chi connectivity index (χ1n) is 12.1. The minimum absolute atomic E-state index is 0.0896. The normalized spacial score (nSPS) is 15.4. The van der Waals surface area contributed by atoms with Gasteiger partial charge in [-0.2, -0.15) is 0 Å². The number of alkyl carbamates (subject to hydrolysis) is 1. The van der Waals surface area contributed by atoms with E-state index in [1.807, 2.05) is 92.7 Å². The van der Waals surface area contributed by atoms with E-state index in [1.165, 1.54) is 0 Å². The molecule has 36 heavy (non-hydrogen) atoms. The van der Waals surface area contributed by atoms with Crippen molar-refractivity contribution < 1.29 is 19.1 Å². The Morgan fingerprint density at radius 2 is 1.56 bits per heavy atom. The summed E-state index contributed by atoms with van der Waals surface area (Å²) in [5, 5.41) is 5.58. The summed E-state index contributed by atoms with van der Waals surface area (Å²) in [6.45, 7) is 4.18. The van der Waals surface area contributed by atoms with Gasteiger partial charge in [0.1, 0.15) is 6.04 Å². The number of nitrogens with zero attached hydrogens (tertiary/aromatic N) is 1. The average molecular weight is 486 g/mol. The molecule has 0 bridgehead atoms. The van der Waals surface area contributed by atoms with Gasteiger partial charge in [-0.1, -0.05) is 86.6 Å². The van der Waals surface area contributed by atoms with Crippen LogP contribution >= 0.6 is 0 Å². The van der Waals surface area contributed by atoms with Gasteiger partial charge in [0.2, 0.25) is 0 Å². The zero-order chi connectivity index (χ0) is 25.7. The highest BCUT2D eigenvalue weighted by molar-refractivity contribution is 6.06. The number of para-hydroxylation sites is 1. The second-order valence-electron chi connectivity index (χ2n) is 9.31. The van der Waals surface area contributed by atoms with Crippen molar-refractivity contribution in [2.75, 3.05) is 11.9 Å². The van der Waals surface area contributed by atoms with Crippen LogP contribution in [0.25, 0.3) is 11.1 Å². The molecule has 0 saturated heterocycles. The Morgan fingerprint density at radius 1 is 0.917 bits per heavy atom. The van der Waals surface area contributed by atoms with Gasteiger partial charge in [0, 0.05) is 19.2 Å². The Morgan fingerprint density at radius 3 is 2.28 bits per heavy atom. The lowest BCUT2D eigenvalue weighted by Gasteiger charge is -2.25. The Hall–Kier alpha value is -4.13. The largest absolute Gasteiger partial charge is 0.436 e. The highest BCUT2D eigenvalue weighted by Gasteiger charge is 2.35. The van der Waals surface area contributed by atoms with Gasteiger partial charge in [-0.3, -0.25) is 9.59 Å². The van der Waals surface area contributed by atoms with Gasteiger partial charge in [0.05, 0.1) is 5.69 Å². The third-order valence-corrected chi connectivity index (χ3v) is 6.20. The predicted molar refractivity (Wildman–Crippen MR) is 139 cm³/mol. The van der Waals surface area contributed by atoms with Crippen LogP contribution in [0, 0.1) is 5.92 Å². The molecule has 0 fully saturated rings. The Balaban J connectivity index is 1.54. The van der Waals surface area contributed by atoms with E-state index in [1.54, 1.807) is 11.9 Å². The number of nitrogens with one attached hydrogen (secondary N) is 2. The monoisotopic (exact) mass is 485 g/mol. The number of likely N-dealkylation sites (N-methyl/N-ethyl adjacent to an activating group) is 1. The third-order valence-electron chi connectivity index (χ3n) is 6.20. The molecule has 4 rings (SSSR count). The molecule has 7 heteroatoms. The van der Waals surface area contributed by atoms with Crippen LogP contribution in [-0.2, 0) is 20.9 Å². The summed E-state index contributed by atoms with van der Waals surface area (Å²) in [5.41, 5.74) is 4.17. The maximum atomic E-state index is 13.5. The molecule has 1 aliphatic heterocycles. The average Bonchev–Trinajstić information content (AvgIpc) is 2.97. The van der Waals surface area contributed by atoms with Crippen molar-refractivity contribution in [2.24, 2.45) is 5.92 Å². The molecule has 2 N–H and O–H groups in total. The van der Waals surface area contributed by atoms with E-state index < -0.39 is 24.1 Å². The van der Waals surface area contributed by atoms with Gasteiger partial charge in [-0.05, 0) is 35.1 Å². The first kappa shape index (κ1) is 25.0. The molecule has 0 radical (unpaired) electrons. The van der Waals surface area contributed by atoms with Crippen molar-refractivity contribution in [3.63, 3.8) is 0 Å². The van der Waals surface area contributed by atoms with Gasteiger partial charge in [-0.25, -0.2) is 4.79 Å². The van der Waals surface area contributed by atoms with Crippen molar-refractivity contribution >= 4 is 23.6 Å². The number of benzene rings is 3. The molecule has 3 aromatic rings. The van der Waals surface area contributed by atoms with E-state index in [9.17, 15) is 14.4 Å². The van der Waals surface area contributed by atoms with Gasteiger partial charge in [-0.15, -0.1) is 0 Å². The van der Waals surface area contributed by atoms with Crippen LogP contribution in [0.15, 0.2) is 78.9 Å². The van der Waals surface area contributed by atoms with Crippen molar-refractivity contribution in [1.82, 2.24) is 10.6 Å². The zero-order valence-corrected chi connectivity index (χ0v) is 20.7. The summed E-state index contributed by atoms with van der Waals surface area (Å²) in [5.74, 6) is -0.685. The number of ether oxygens (including phenoxy) is 1. The first-order chi connectivity index (χ1) is 17.3. The van der Waals surface area contributed by atoms with E-state index in [4.69, 9.17) is 4.74 Å². The molecular weight excluding hydrogens is 454 g/mol. The fourth-order valence-electron chi connectivity index (χ4n) is 4.39. The highest BCUT2D eigenvalue weighted by Crippen LogP contribution is 2.39. The number of hydrogen-bond acceptors (Lipinski definition) is 4. The van der Waals surface area contributed by atoms with Crippen molar-refractivity contribution in [2.45, 2.75) is 39.0 Å². The third kappa shape index (κ3) is 5.57. The Bertz CT molecular complexity index is 1240. The molecule has 0 aromatic heterocycles. The van der Waals surface area contributed by atoms with Crippen LogP contribution in [-0.4, -0.2) is 31.1 Å². The molecule has 186 valence electrons. The Labute approximate surface area is 211 Å². The summed E-state index contributed by atoms with van der Waals surface area (Å²) in [4.78, 5) is 41.0. The molecule has 1 unspecified atom stereocenters. The lowest BCUT2D eigenvalue weighted by molar-refractivity contribution is -0.134. The smallest absolute Gasteiger partial charge is 0.408 e. The van der Waals surface area contributed by atoms with Crippen molar-refractivity contribution in [3.05, 3.63) is 90.0 Å². The molecule has 0 aliphatic carbocycles. The van der Waals surface area contributed by atoms with Crippen molar-refractivity contribution in [3.8, 4) is 11.1 Å². The molecule has 1 aliphatic rings. The standard InChI is InChI=1S/C29H31N3O4/c1-19(2)17-25(36-29(35)30-18-20-11-5-4-6-12-20)27(33)31-26-23-15-8-7-13-21(23)22-14-9-10-16-24(22)32(3)28(26)34/h4-16,19,25-26H,17-18H2,1-3H3,(H,30,35)(H,31,33)/t25-,26?/m0/s1. The fraction of sp³-hybridized carbons (Fsp3) is 0.276. The van der Waals surface area contributed by atoms with Crippen LogP contribution < -0.4 is 15.5 Å². The number of anilines is 1. The van der Waals surface area contributed by atoms with Crippen LogP contribution in [0.1, 0.15) is 37.4 Å². The molecular formula is C29H31N3O4. The van der Waals surface area contributed by atoms with Crippen LogP contribution in [0.3, 0.4) is 0 Å². The summed E-state index contributed by atoms with van der Waals surface area (Å²) in [6, 6.07) is 23.7. The highest BCUT2D eigenvalue weighted by atomic mass is 16.6. The first-order valence-corrected chi connectivity index (χ1v) is 12.1. The van der Waals surface area contributed by atoms with E-state index >= 15 is 0 Å². The molecule has 0 spiro atoms. The van der Waals surface area contributed by atoms with Gasteiger partial charge in [0.25, 0.3) is 11.8 Å². The van der Waals surface area contributed by atoms with Crippen LogP contribution in [0.5, 0.6) is 0 Å². The molecule has 3 aromatic carbocycles. The minimum atomic E-state index is -1.04. The summed E-state index contributed by atoms with van der Waals surface area (Å²) in [7, 11) is 1.70. The number of carbonyl (C=O) groups excluding carboxylic acids is 3. The molecule has 2 atom stereocenters. The van der Waals surface area contributed by atoms with Gasteiger partial charge >= 0.3 is 6.09 Å². The maximum absolute atomic E-state index is 13.5. The van der Waals surface area contributed by atoms with E-state index in [2.05, 4.69) is 10.6 Å². The second-order valence-corrected chi connectivity index (χ2v) is 9.31. The predicted octanol–water partition coefficient (Wildman–Crippen LogP) is 4.83. The summed E-state index contributed by atoms with van der Waals surface area (Å²) in [6.07, 6.45) is -1.41.